The minimum absolute atomic E-state index is 0.240. The van der Waals surface area contributed by atoms with Crippen LogP contribution in [0.2, 0.25) is 0 Å². The normalized spacial score (nSPS) is 18.1. The summed E-state index contributed by atoms with van der Waals surface area (Å²) in [5, 5.41) is 0. The second-order valence-electron chi connectivity index (χ2n) is 5.83. The molecule has 0 radical (unpaired) electrons. The summed E-state index contributed by atoms with van der Waals surface area (Å²) in [7, 11) is 0. The van der Waals surface area contributed by atoms with Crippen molar-refractivity contribution in [3.63, 3.8) is 0 Å². The molecule has 2 atom stereocenters. The fraction of sp³-hybridized carbons (Fsp3) is 0.923. The summed E-state index contributed by atoms with van der Waals surface area (Å²) >= 11 is 0. The highest BCUT2D eigenvalue weighted by Crippen LogP contribution is 2.56. The van der Waals surface area contributed by atoms with Crippen LogP contribution in [0, 0.1) is 0 Å². The second-order valence-corrected chi connectivity index (χ2v) is 5.83. The summed E-state index contributed by atoms with van der Waals surface area (Å²) in [5.41, 5.74) is 0. The summed E-state index contributed by atoms with van der Waals surface area (Å²) in [5.74, 6) is -26.5. The maximum atomic E-state index is 14.0. The summed E-state index contributed by atoms with van der Waals surface area (Å²) in [4.78, 5) is 11.2. The Kier molecular flexibility index (Phi) is 9.38. The molecule has 0 fully saturated rings. The van der Waals surface area contributed by atoms with Crippen LogP contribution in [0.5, 0.6) is 0 Å². The van der Waals surface area contributed by atoms with E-state index in [1.807, 2.05) is 4.74 Å². The lowest BCUT2D eigenvalue weighted by atomic mass is 10.2. The Hall–Kier alpha value is -1.84. The van der Waals surface area contributed by atoms with E-state index in [9.17, 15) is 79.4 Å². The molecule has 0 amide bonds. The molecule has 0 rings (SSSR count). The molecule has 0 saturated carbocycles. The number of hydrogen-bond acceptors (Lipinski definition) is 5. The molecule has 22 heteroatoms. The van der Waals surface area contributed by atoms with Crippen molar-refractivity contribution < 1.29 is 98.4 Å². The van der Waals surface area contributed by atoms with Gasteiger partial charge in [0.1, 0.15) is 6.61 Å². The lowest BCUT2D eigenvalue weighted by molar-refractivity contribution is -0.548. The molecule has 35 heavy (non-hydrogen) atoms. The maximum Gasteiger partial charge on any atom is 0.462 e. The molecule has 0 aliphatic carbocycles. The first-order chi connectivity index (χ1) is 15.1. The van der Waals surface area contributed by atoms with E-state index in [0.717, 1.165) is 0 Å². The predicted octanol–water partition coefficient (Wildman–Crippen LogP) is 5.44. The van der Waals surface area contributed by atoms with Gasteiger partial charge in [0.2, 0.25) is 0 Å². The number of carbonyl (C=O) groups is 1. The number of ether oxygens (including phenoxy) is 4. The molecule has 0 aromatic rings. The van der Waals surface area contributed by atoms with Crippen molar-refractivity contribution in [2.75, 3.05) is 19.8 Å². The van der Waals surface area contributed by atoms with E-state index >= 15 is 0 Å². The number of hydrogen-bond donors (Lipinski definition) is 0. The zero-order valence-electron chi connectivity index (χ0n) is 16.1. The van der Waals surface area contributed by atoms with E-state index in [2.05, 4.69) is 9.47 Å². The molecule has 0 spiro atoms. The number of carbonyl (C=O) groups excluding carboxylic acids is 1. The van der Waals surface area contributed by atoms with Crippen LogP contribution >= 0.6 is 0 Å². The second kappa shape index (κ2) is 9.90. The Balaban J connectivity index is 6.53. The number of rotatable bonds is 11. The van der Waals surface area contributed by atoms with Gasteiger partial charge in [-0.1, -0.05) is 0 Å². The molecular formula is C13H9F17O5. The molecule has 5 nitrogen and oxygen atoms in total. The molecule has 0 aromatic carbocycles. The molecule has 0 aliphatic heterocycles. The smallest absolute Gasteiger partial charge is 0.459 e. The predicted molar refractivity (Wildman–Crippen MR) is 70.3 cm³/mol. The Morgan fingerprint density at radius 2 is 1.06 bits per heavy atom. The topological polar surface area (TPSA) is 54.0 Å². The van der Waals surface area contributed by atoms with E-state index in [1.165, 1.54) is 11.7 Å². The first kappa shape index (κ1) is 33.2. The van der Waals surface area contributed by atoms with Crippen molar-refractivity contribution in [1.29, 1.82) is 0 Å². The number of alkyl halides is 17. The van der Waals surface area contributed by atoms with E-state index in [4.69, 9.17) is 0 Å². The monoisotopic (exact) mass is 568 g/mol. The third-order valence-electron chi connectivity index (χ3n) is 3.29. The maximum absolute atomic E-state index is 14.0. The lowest BCUT2D eigenvalue weighted by Crippen LogP contribution is -2.68. The summed E-state index contributed by atoms with van der Waals surface area (Å²) in [6.45, 7) is -1.35. The molecule has 0 bridgehead atoms. The van der Waals surface area contributed by atoms with Crippen molar-refractivity contribution in [2.24, 2.45) is 0 Å². The Morgan fingerprint density at radius 1 is 0.600 bits per heavy atom. The Bertz CT molecular complexity index is 729. The standard InChI is InChI=1S/C13H9F17O5/c1-2-32-3-4-33-5(31)6(14,9(18,19)20)34-13(29,30)8(17,11(24,25)26)35-12(27,28)7(15,16)10(21,22)23/h2-4H2,1H3/t6-,8-/m1/s1. The van der Waals surface area contributed by atoms with Gasteiger partial charge in [0.15, 0.2) is 0 Å². The van der Waals surface area contributed by atoms with Crippen LogP contribution in [0.15, 0.2) is 0 Å². The Morgan fingerprint density at radius 3 is 1.40 bits per heavy atom. The molecule has 0 N–H and O–H groups in total. The third kappa shape index (κ3) is 6.49. The third-order valence-corrected chi connectivity index (χ3v) is 3.29. The largest absolute Gasteiger partial charge is 0.462 e. The molecule has 0 aromatic heterocycles. The molecule has 0 unspecified atom stereocenters. The Labute approximate surface area is 181 Å². The highest BCUT2D eigenvalue weighted by molar-refractivity contribution is 5.78. The van der Waals surface area contributed by atoms with Gasteiger partial charge < -0.3 is 9.47 Å². The van der Waals surface area contributed by atoms with Gasteiger partial charge in [0.05, 0.1) is 6.61 Å². The van der Waals surface area contributed by atoms with Gasteiger partial charge in [-0.25, -0.2) is 4.79 Å². The van der Waals surface area contributed by atoms with Gasteiger partial charge in [-0.05, 0) is 6.92 Å². The zero-order chi connectivity index (χ0) is 28.5. The SMILES string of the molecule is CCOCCOC(=O)[C@@](F)(OC(F)(F)[C@](F)(OC(F)(F)C(F)(F)C(F)(F)F)C(F)(F)F)C(F)(F)F. The van der Waals surface area contributed by atoms with E-state index < -0.39 is 67.6 Å². The lowest BCUT2D eigenvalue weighted by Gasteiger charge is -2.39. The van der Waals surface area contributed by atoms with Crippen LogP contribution in [0.4, 0.5) is 74.6 Å². The van der Waals surface area contributed by atoms with Gasteiger partial charge in [-0.15, -0.1) is 0 Å². The van der Waals surface area contributed by atoms with Gasteiger partial charge in [-0.2, -0.15) is 74.6 Å². The van der Waals surface area contributed by atoms with Crippen LogP contribution in [0.1, 0.15) is 6.92 Å². The van der Waals surface area contributed by atoms with Crippen molar-refractivity contribution >= 4 is 5.97 Å². The quantitative estimate of drug-likeness (QED) is 0.189. The zero-order valence-corrected chi connectivity index (χ0v) is 16.1. The average molecular weight is 568 g/mol. The number of esters is 1. The van der Waals surface area contributed by atoms with E-state index in [-0.39, 0.29) is 6.61 Å². The van der Waals surface area contributed by atoms with Crippen molar-refractivity contribution in [2.45, 2.75) is 55.3 Å². The van der Waals surface area contributed by atoms with Gasteiger partial charge in [0.25, 0.3) is 0 Å². The highest BCUT2D eigenvalue weighted by atomic mass is 19.4. The first-order valence-electron chi connectivity index (χ1n) is 8.01. The summed E-state index contributed by atoms with van der Waals surface area (Å²) in [6, 6.07) is 0. The van der Waals surface area contributed by atoms with Gasteiger partial charge >= 0.3 is 54.3 Å². The van der Waals surface area contributed by atoms with E-state index in [1.54, 1.807) is 0 Å². The highest BCUT2D eigenvalue weighted by Gasteiger charge is 2.85. The van der Waals surface area contributed by atoms with Crippen molar-refractivity contribution in [1.82, 2.24) is 0 Å². The minimum atomic E-state index is -8.06. The van der Waals surface area contributed by atoms with Crippen LogP contribution in [-0.4, -0.2) is 74.2 Å². The van der Waals surface area contributed by atoms with Crippen LogP contribution in [0.3, 0.4) is 0 Å². The fourth-order valence-electron chi connectivity index (χ4n) is 1.58. The summed E-state index contributed by atoms with van der Waals surface area (Å²) < 4.78 is 230. The van der Waals surface area contributed by atoms with Gasteiger partial charge in [0, 0.05) is 6.61 Å². The van der Waals surface area contributed by atoms with Crippen LogP contribution in [0.25, 0.3) is 0 Å². The molecular weight excluding hydrogens is 559 g/mol. The van der Waals surface area contributed by atoms with Crippen molar-refractivity contribution in [3.8, 4) is 0 Å². The molecule has 210 valence electrons. The van der Waals surface area contributed by atoms with E-state index in [0.29, 0.717) is 0 Å². The van der Waals surface area contributed by atoms with Crippen LogP contribution < -0.4 is 0 Å². The molecule has 0 heterocycles. The van der Waals surface area contributed by atoms with Gasteiger partial charge in [-0.3, -0.25) is 9.47 Å². The number of halogens is 17. The molecule has 0 saturated heterocycles. The molecule has 0 aliphatic rings. The minimum Gasteiger partial charge on any atom is -0.459 e. The average Bonchev–Trinajstić information content (AvgIpc) is 2.61. The summed E-state index contributed by atoms with van der Waals surface area (Å²) in [6.07, 6.45) is -38.6. The van der Waals surface area contributed by atoms with Crippen molar-refractivity contribution in [3.05, 3.63) is 0 Å². The van der Waals surface area contributed by atoms with Crippen LogP contribution in [-0.2, 0) is 23.7 Å². The fourth-order valence-corrected chi connectivity index (χ4v) is 1.58. The first-order valence-corrected chi connectivity index (χ1v) is 8.01.